The maximum atomic E-state index is 10.4. The first-order chi connectivity index (χ1) is 12.6. The number of fused-ring (bicyclic) bond motifs is 2. The lowest BCUT2D eigenvalue weighted by molar-refractivity contribution is 0.400. The molecule has 136 valence electrons. The van der Waals surface area contributed by atoms with Crippen LogP contribution in [0, 0.1) is 0 Å². The van der Waals surface area contributed by atoms with Gasteiger partial charge in [0, 0.05) is 11.1 Å². The van der Waals surface area contributed by atoms with Crippen LogP contribution in [0.1, 0.15) is 59.1 Å². The van der Waals surface area contributed by atoms with E-state index in [-0.39, 0.29) is 23.0 Å². The van der Waals surface area contributed by atoms with Gasteiger partial charge in [0.1, 0.15) is 0 Å². The van der Waals surface area contributed by atoms with Crippen LogP contribution < -0.4 is 0 Å². The molecular weight excluding hydrogens is 328 g/mol. The van der Waals surface area contributed by atoms with Crippen molar-refractivity contribution in [1.29, 1.82) is 0 Å². The molecule has 4 N–H and O–H groups in total. The van der Waals surface area contributed by atoms with Crippen LogP contribution in [0.5, 0.6) is 23.0 Å². The molecule has 2 aliphatic carbocycles. The fourth-order valence-electron chi connectivity index (χ4n) is 4.35. The van der Waals surface area contributed by atoms with Gasteiger partial charge in [0.25, 0.3) is 0 Å². The monoisotopic (exact) mass is 352 g/mol. The van der Waals surface area contributed by atoms with Crippen LogP contribution in [-0.4, -0.2) is 20.4 Å². The highest BCUT2D eigenvalue weighted by Gasteiger charge is 2.21. The minimum absolute atomic E-state index is 0.104. The minimum atomic E-state index is -0.115. The molecule has 0 unspecified atom stereocenters. The molecule has 0 atom stereocenters. The second-order valence-corrected chi connectivity index (χ2v) is 7.34. The molecule has 0 aromatic heterocycles. The van der Waals surface area contributed by atoms with E-state index in [1.54, 1.807) is 24.3 Å². The van der Waals surface area contributed by atoms with Crippen LogP contribution in [0.25, 0.3) is 12.2 Å². The first kappa shape index (κ1) is 16.8. The summed E-state index contributed by atoms with van der Waals surface area (Å²) < 4.78 is 0. The molecule has 0 fully saturated rings. The van der Waals surface area contributed by atoms with E-state index in [2.05, 4.69) is 0 Å². The second-order valence-electron chi connectivity index (χ2n) is 7.34. The topological polar surface area (TPSA) is 80.9 Å². The molecule has 0 amide bonds. The van der Waals surface area contributed by atoms with Gasteiger partial charge in [0.15, 0.2) is 23.0 Å². The first-order valence-corrected chi connectivity index (χ1v) is 9.37. The normalized spacial score (nSPS) is 16.5. The Morgan fingerprint density at radius 3 is 1.38 bits per heavy atom. The van der Waals surface area contributed by atoms with E-state index in [1.807, 2.05) is 0 Å². The minimum Gasteiger partial charge on any atom is -0.504 e. The van der Waals surface area contributed by atoms with E-state index in [9.17, 15) is 20.4 Å². The predicted molar refractivity (Wildman–Crippen MR) is 102 cm³/mol. The quantitative estimate of drug-likeness (QED) is 0.476. The summed E-state index contributed by atoms with van der Waals surface area (Å²) in [7, 11) is 0. The molecule has 26 heavy (non-hydrogen) atoms. The molecule has 2 aliphatic rings. The summed E-state index contributed by atoms with van der Waals surface area (Å²) in [5, 5.41) is 40.9. The Kier molecular flexibility index (Phi) is 4.27. The molecule has 0 radical (unpaired) electrons. The number of hydrogen-bond acceptors (Lipinski definition) is 4. The fraction of sp³-hybridized carbons (Fsp3) is 0.364. The third-order valence-electron chi connectivity index (χ3n) is 5.71. The second kappa shape index (κ2) is 6.60. The van der Waals surface area contributed by atoms with Gasteiger partial charge in [-0.05, 0) is 85.8 Å². The van der Waals surface area contributed by atoms with E-state index in [4.69, 9.17) is 0 Å². The average molecular weight is 352 g/mol. The smallest absolute Gasteiger partial charge is 0.165 e. The third-order valence-corrected chi connectivity index (χ3v) is 5.71. The molecule has 2 aromatic rings. The number of aromatic hydroxyl groups is 4. The van der Waals surface area contributed by atoms with Crippen molar-refractivity contribution in [3.05, 3.63) is 45.5 Å². The summed E-state index contributed by atoms with van der Waals surface area (Å²) in [6.07, 6.45) is 11.4. The van der Waals surface area contributed by atoms with Gasteiger partial charge >= 0.3 is 0 Å². The zero-order valence-corrected chi connectivity index (χ0v) is 14.8. The van der Waals surface area contributed by atoms with Crippen LogP contribution in [0.2, 0.25) is 0 Å². The number of phenols is 4. The molecule has 4 rings (SSSR count). The lowest BCUT2D eigenvalue weighted by Crippen LogP contribution is -2.06. The van der Waals surface area contributed by atoms with Gasteiger partial charge in [0.2, 0.25) is 0 Å². The van der Waals surface area contributed by atoms with Crippen molar-refractivity contribution < 1.29 is 20.4 Å². The molecule has 0 saturated heterocycles. The zero-order valence-electron chi connectivity index (χ0n) is 14.8. The Labute approximate surface area is 153 Å². The van der Waals surface area contributed by atoms with Crippen molar-refractivity contribution >= 4 is 12.2 Å². The summed E-state index contributed by atoms with van der Waals surface area (Å²) in [6.45, 7) is 0. The highest BCUT2D eigenvalue weighted by Crippen LogP contribution is 2.41. The van der Waals surface area contributed by atoms with Crippen molar-refractivity contribution in [2.45, 2.75) is 51.4 Å². The van der Waals surface area contributed by atoms with E-state index in [0.717, 1.165) is 73.6 Å². The molecule has 4 nitrogen and oxygen atoms in total. The summed E-state index contributed by atoms with van der Waals surface area (Å²) in [6, 6.07) is 3.32. The van der Waals surface area contributed by atoms with Gasteiger partial charge in [-0.15, -0.1) is 0 Å². The van der Waals surface area contributed by atoms with Crippen LogP contribution in [0.4, 0.5) is 0 Å². The molecular formula is C22H24O4. The number of hydrogen-bond donors (Lipinski definition) is 4. The van der Waals surface area contributed by atoms with Crippen LogP contribution in [0.15, 0.2) is 12.1 Å². The van der Waals surface area contributed by atoms with Gasteiger partial charge in [-0.25, -0.2) is 0 Å². The van der Waals surface area contributed by atoms with Gasteiger partial charge in [-0.2, -0.15) is 0 Å². The predicted octanol–water partition coefficient (Wildman–Crippen LogP) is 4.44. The SMILES string of the molecule is Oc1cc2c(c(C=Cc3c(O)c(O)cc4c3CCCC4)c1O)CCCC2. The Morgan fingerprint density at radius 2 is 0.962 bits per heavy atom. The number of aryl methyl sites for hydroxylation is 2. The highest BCUT2D eigenvalue weighted by molar-refractivity contribution is 5.81. The van der Waals surface area contributed by atoms with Gasteiger partial charge < -0.3 is 20.4 Å². The Morgan fingerprint density at radius 1 is 0.577 bits per heavy atom. The molecule has 0 bridgehead atoms. The molecule has 4 heteroatoms. The van der Waals surface area contributed by atoms with Gasteiger partial charge in [0.05, 0.1) is 0 Å². The largest absolute Gasteiger partial charge is 0.504 e. The Hall–Kier alpha value is -2.62. The van der Waals surface area contributed by atoms with E-state index < -0.39 is 0 Å². The fourth-order valence-corrected chi connectivity index (χ4v) is 4.35. The lowest BCUT2D eigenvalue weighted by Gasteiger charge is -2.21. The summed E-state index contributed by atoms with van der Waals surface area (Å²) in [5.74, 6) is -0.439. The highest BCUT2D eigenvalue weighted by atomic mass is 16.3. The van der Waals surface area contributed by atoms with Gasteiger partial charge in [-0.3, -0.25) is 0 Å². The Balaban J connectivity index is 1.83. The van der Waals surface area contributed by atoms with E-state index in [0.29, 0.717) is 11.1 Å². The summed E-state index contributed by atoms with van der Waals surface area (Å²) in [4.78, 5) is 0. The zero-order chi connectivity index (χ0) is 18.3. The average Bonchev–Trinajstić information content (AvgIpc) is 2.65. The third kappa shape index (κ3) is 2.79. The number of phenolic OH excluding ortho intramolecular Hbond substituents is 4. The van der Waals surface area contributed by atoms with Crippen molar-refractivity contribution in [3.63, 3.8) is 0 Å². The van der Waals surface area contributed by atoms with Gasteiger partial charge in [-0.1, -0.05) is 12.2 Å². The number of benzene rings is 2. The van der Waals surface area contributed by atoms with Crippen LogP contribution in [-0.2, 0) is 25.7 Å². The van der Waals surface area contributed by atoms with E-state index in [1.165, 1.54) is 0 Å². The summed E-state index contributed by atoms with van der Waals surface area (Å²) in [5.41, 5.74) is 5.52. The van der Waals surface area contributed by atoms with Crippen LogP contribution >= 0.6 is 0 Å². The number of rotatable bonds is 2. The van der Waals surface area contributed by atoms with E-state index >= 15 is 0 Å². The maximum Gasteiger partial charge on any atom is 0.165 e. The molecule has 0 saturated carbocycles. The molecule has 0 aliphatic heterocycles. The standard InChI is InChI=1S/C22H24O4/c23-19-11-13-5-1-3-7-15(13)17(21(19)25)9-10-18-16-8-4-2-6-14(16)12-20(24)22(18)26/h9-12,23-26H,1-8H2. The summed E-state index contributed by atoms with van der Waals surface area (Å²) >= 11 is 0. The molecule has 2 aromatic carbocycles. The van der Waals surface area contributed by atoms with Crippen molar-refractivity contribution in [2.24, 2.45) is 0 Å². The van der Waals surface area contributed by atoms with Crippen LogP contribution in [0.3, 0.4) is 0 Å². The molecule has 0 heterocycles. The Bertz CT molecular complexity index is 822. The van der Waals surface area contributed by atoms with Crippen molar-refractivity contribution in [3.8, 4) is 23.0 Å². The van der Waals surface area contributed by atoms with Crippen molar-refractivity contribution in [1.82, 2.24) is 0 Å². The first-order valence-electron chi connectivity index (χ1n) is 9.37. The lowest BCUT2D eigenvalue weighted by atomic mass is 9.85. The maximum absolute atomic E-state index is 10.4. The molecule has 0 spiro atoms. The van der Waals surface area contributed by atoms with Crippen molar-refractivity contribution in [2.75, 3.05) is 0 Å².